The molecule has 1 aliphatic carbocycles. The molecule has 1 aromatic carbocycles. The average Bonchev–Trinajstić information content (AvgIpc) is 3.25. The Bertz CT molecular complexity index is 706. The zero-order valence-corrected chi connectivity index (χ0v) is 10.9. The Kier molecular flexibility index (Phi) is 2.85. The van der Waals surface area contributed by atoms with E-state index in [1.807, 2.05) is 0 Å². The van der Waals surface area contributed by atoms with E-state index in [9.17, 15) is 9.59 Å². The molecule has 0 amide bonds. The highest BCUT2D eigenvalue weighted by atomic mass is 16.2. The molecule has 1 fully saturated rings. The zero-order chi connectivity index (χ0) is 13.4. The summed E-state index contributed by atoms with van der Waals surface area (Å²) < 4.78 is 2.67. The smallest absolute Gasteiger partial charge is 0.296 e. The third kappa shape index (κ3) is 2.38. The summed E-state index contributed by atoms with van der Waals surface area (Å²) in [7, 11) is 1.50. The standard InChI is InChI=1S/C15H16N2O2/c1-16-14(18)8-9-17(15(16)19)10-11-2-4-12(5-3-11)13-6-7-13/h2-5,8-9,13H,6-7,10H2,1H3. The minimum atomic E-state index is -0.279. The van der Waals surface area contributed by atoms with E-state index in [-0.39, 0.29) is 11.2 Å². The van der Waals surface area contributed by atoms with Crippen molar-refractivity contribution >= 4 is 0 Å². The van der Waals surface area contributed by atoms with Crippen LogP contribution in [0.4, 0.5) is 0 Å². The van der Waals surface area contributed by atoms with Crippen LogP contribution in [0.5, 0.6) is 0 Å². The van der Waals surface area contributed by atoms with E-state index in [4.69, 9.17) is 0 Å². The van der Waals surface area contributed by atoms with Crippen molar-refractivity contribution in [2.45, 2.75) is 25.3 Å². The number of hydrogen-bond acceptors (Lipinski definition) is 2. The summed E-state index contributed by atoms with van der Waals surface area (Å²) in [6, 6.07) is 9.82. The van der Waals surface area contributed by atoms with Gasteiger partial charge in [-0.2, -0.15) is 0 Å². The second-order valence-corrected chi connectivity index (χ2v) is 5.14. The van der Waals surface area contributed by atoms with Crippen molar-refractivity contribution in [1.82, 2.24) is 9.13 Å². The quantitative estimate of drug-likeness (QED) is 0.834. The van der Waals surface area contributed by atoms with E-state index in [0.717, 1.165) is 16.0 Å². The lowest BCUT2D eigenvalue weighted by Gasteiger charge is -2.07. The first-order valence-corrected chi connectivity index (χ1v) is 6.50. The van der Waals surface area contributed by atoms with Crippen LogP contribution in [0.1, 0.15) is 29.9 Å². The van der Waals surface area contributed by atoms with E-state index >= 15 is 0 Å². The lowest BCUT2D eigenvalue weighted by Crippen LogP contribution is -2.37. The van der Waals surface area contributed by atoms with Crippen LogP contribution in [-0.2, 0) is 13.6 Å². The first-order chi connectivity index (χ1) is 9.15. The number of aromatic nitrogens is 2. The van der Waals surface area contributed by atoms with Gasteiger partial charge in [-0.25, -0.2) is 4.79 Å². The van der Waals surface area contributed by atoms with E-state index < -0.39 is 0 Å². The number of hydrogen-bond donors (Lipinski definition) is 0. The van der Waals surface area contributed by atoms with Crippen molar-refractivity contribution in [1.29, 1.82) is 0 Å². The lowest BCUT2D eigenvalue weighted by molar-refractivity contribution is 0.645. The minimum absolute atomic E-state index is 0.273. The summed E-state index contributed by atoms with van der Waals surface area (Å²) in [6.07, 6.45) is 4.14. The summed E-state index contributed by atoms with van der Waals surface area (Å²) in [4.78, 5) is 23.2. The molecule has 0 radical (unpaired) electrons. The molecule has 0 aliphatic heterocycles. The van der Waals surface area contributed by atoms with Gasteiger partial charge in [-0.05, 0) is 29.9 Å². The third-order valence-corrected chi connectivity index (χ3v) is 3.64. The summed E-state index contributed by atoms with van der Waals surface area (Å²) >= 11 is 0. The lowest BCUT2D eigenvalue weighted by atomic mass is 10.1. The largest absolute Gasteiger partial charge is 0.331 e. The van der Waals surface area contributed by atoms with Crippen molar-refractivity contribution in [3.63, 3.8) is 0 Å². The van der Waals surface area contributed by atoms with Gasteiger partial charge in [0.15, 0.2) is 0 Å². The van der Waals surface area contributed by atoms with Crippen LogP contribution < -0.4 is 11.2 Å². The Morgan fingerprint density at radius 3 is 2.42 bits per heavy atom. The zero-order valence-electron chi connectivity index (χ0n) is 10.9. The molecular formula is C15H16N2O2. The maximum Gasteiger partial charge on any atom is 0.331 e. The molecule has 4 nitrogen and oxygen atoms in total. The van der Waals surface area contributed by atoms with Gasteiger partial charge in [0.2, 0.25) is 0 Å². The first-order valence-electron chi connectivity index (χ1n) is 6.50. The van der Waals surface area contributed by atoms with Gasteiger partial charge in [0.05, 0.1) is 6.54 Å². The van der Waals surface area contributed by atoms with Gasteiger partial charge in [0.25, 0.3) is 5.56 Å². The molecule has 0 N–H and O–H groups in total. The fourth-order valence-electron chi connectivity index (χ4n) is 2.25. The highest BCUT2D eigenvalue weighted by Gasteiger charge is 2.22. The Morgan fingerprint density at radius 1 is 1.11 bits per heavy atom. The molecule has 2 aromatic rings. The van der Waals surface area contributed by atoms with E-state index in [1.165, 1.54) is 31.5 Å². The topological polar surface area (TPSA) is 44.0 Å². The second kappa shape index (κ2) is 4.53. The minimum Gasteiger partial charge on any atom is -0.296 e. The van der Waals surface area contributed by atoms with Crippen LogP contribution in [0.2, 0.25) is 0 Å². The van der Waals surface area contributed by atoms with E-state index in [0.29, 0.717) is 6.54 Å². The van der Waals surface area contributed by atoms with Crippen LogP contribution in [0.25, 0.3) is 0 Å². The van der Waals surface area contributed by atoms with Gasteiger partial charge < -0.3 is 0 Å². The Morgan fingerprint density at radius 2 is 1.79 bits per heavy atom. The highest BCUT2D eigenvalue weighted by molar-refractivity contribution is 5.28. The molecule has 3 rings (SSSR count). The molecule has 98 valence electrons. The molecule has 1 aromatic heterocycles. The molecule has 0 unspecified atom stereocenters. The van der Waals surface area contributed by atoms with Crippen LogP contribution in [0.15, 0.2) is 46.1 Å². The van der Waals surface area contributed by atoms with Gasteiger partial charge in [-0.1, -0.05) is 24.3 Å². The van der Waals surface area contributed by atoms with Crippen molar-refractivity contribution < 1.29 is 0 Å². The second-order valence-electron chi connectivity index (χ2n) is 5.14. The monoisotopic (exact) mass is 256 g/mol. The van der Waals surface area contributed by atoms with Crippen LogP contribution >= 0.6 is 0 Å². The molecule has 1 saturated carbocycles. The molecule has 0 bridgehead atoms. The number of benzene rings is 1. The van der Waals surface area contributed by atoms with Crippen molar-refractivity contribution in [2.75, 3.05) is 0 Å². The van der Waals surface area contributed by atoms with Gasteiger partial charge in [0.1, 0.15) is 0 Å². The SMILES string of the molecule is Cn1c(=O)ccn(Cc2ccc(C3CC3)cc2)c1=O. The predicted molar refractivity (Wildman–Crippen MR) is 73.5 cm³/mol. The third-order valence-electron chi connectivity index (χ3n) is 3.64. The normalized spacial score (nSPS) is 14.6. The predicted octanol–water partition coefficient (Wildman–Crippen LogP) is 1.47. The molecule has 19 heavy (non-hydrogen) atoms. The van der Waals surface area contributed by atoms with Crippen molar-refractivity contribution in [3.8, 4) is 0 Å². The van der Waals surface area contributed by atoms with Crippen LogP contribution in [-0.4, -0.2) is 9.13 Å². The molecule has 1 heterocycles. The maximum absolute atomic E-state index is 11.9. The van der Waals surface area contributed by atoms with Gasteiger partial charge in [-0.15, -0.1) is 0 Å². The van der Waals surface area contributed by atoms with Crippen molar-refractivity contribution in [2.24, 2.45) is 7.05 Å². The van der Waals surface area contributed by atoms with Crippen LogP contribution in [0.3, 0.4) is 0 Å². The van der Waals surface area contributed by atoms with Crippen molar-refractivity contribution in [3.05, 3.63) is 68.5 Å². The fraction of sp³-hybridized carbons (Fsp3) is 0.333. The van der Waals surface area contributed by atoms with E-state index in [2.05, 4.69) is 24.3 Å². The van der Waals surface area contributed by atoms with Gasteiger partial charge >= 0.3 is 5.69 Å². The summed E-state index contributed by atoms with van der Waals surface area (Å²) in [5.74, 6) is 0.745. The Labute approximate surface area is 110 Å². The molecule has 4 heteroatoms. The van der Waals surface area contributed by atoms with Gasteiger partial charge in [0, 0.05) is 19.3 Å². The van der Waals surface area contributed by atoms with Crippen LogP contribution in [0, 0.1) is 0 Å². The molecule has 0 atom stereocenters. The summed E-state index contributed by atoms with van der Waals surface area (Å²) in [5, 5.41) is 0. The maximum atomic E-state index is 11.9. The number of rotatable bonds is 3. The number of nitrogens with zero attached hydrogens (tertiary/aromatic N) is 2. The highest BCUT2D eigenvalue weighted by Crippen LogP contribution is 2.39. The summed E-state index contributed by atoms with van der Waals surface area (Å²) in [5.41, 5.74) is 1.91. The fourth-order valence-corrected chi connectivity index (χ4v) is 2.25. The molecular weight excluding hydrogens is 240 g/mol. The Hall–Kier alpha value is -2.10. The summed E-state index contributed by atoms with van der Waals surface area (Å²) in [6.45, 7) is 0.498. The first kappa shape index (κ1) is 12.0. The Balaban J connectivity index is 1.86. The van der Waals surface area contributed by atoms with E-state index in [1.54, 1.807) is 10.8 Å². The average molecular weight is 256 g/mol. The molecule has 0 saturated heterocycles. The molecule has 1 aliphatic rings. The van der Waals surface area contributed by atoms with Gasteiger partial charge in [-0.3, -0.25) is 13.9 Å². The molecule has 0 spiro atoms.